The van der Waals surface area contributed by atoms with Crippen LogP contribution in [0.25, 0.3) is 27.5 Å². The molecule has 170 valence electrons. The van der Waals surface area contributed by atoms with Crippen molar-refractivity contribution in [3.8, 4) is 5.69 Å². The summed E-state index contributed by atoms with van der Waals surface area (Å²) in [4.78, 5) is 11.6. The van der Waals surface area contributed by atoms with Crippen LogP contribution in [0.1, 0.15) is 27.0 Å². The number of aromatic carboxylic acids is 1. The summed E-state index contributed by atoms with van der Waals surface area (Å²) >= 11 is 0. The van der Waals surface area contributed by atoms with E-state index in [4.69, 9.17) is 0 Å². The number of hydrogen-bond acceptors (Lipinski definition) is 1. The number of carboxylic acids is 1. The summed E-state index contributed by atoms with van der Waals surface area (Å²) in [6, 6.07) is 21.5. The van der Waals surface area contributed by atoms with Gasteiger partial charge in [0.15, 0.2) is 0 Å². The Labute approximate surface area is 191 Å². The summed E-state index contributed by atoms with van der Waals surface area (Å²) < 4.78 is 54.6. The Morgan fingerprint density at radius 3 is 2.09 bits per heavy atom. The maximum Gasteiger partial charge on any atom is 0.416 e. The first-order valence-electron chi connectivity index (χ1n) is 10.4. The molecule has 34 heavy (non-hydrogen) atoms. The van der Waals surface area contributed by atoms with E-state index in [1.807, 2.05) is 28.8 Å². The number of carboxylic acid groups (broad SMARTS) is 1. The maximum atomic E-state index is 13.6. The van der Waals surface area contributed by atoms with Gasteiger partial charge < -0.3 is 9.67 Å². The van der Waals surface area contributed by atoms with E-state index in [9.17, 15) is 27.5 Å². The molecule has 0 fully saturated rings. The molecule has 0 spiro atoms. The van der Waals surface area contributed by atoms with E-state index in [0.717, 1.165) is 34.2 Å². The minimum Gasteiger partial charge on any atom is -0.478 e. The van der Waals surface area contributed by atoms with Gasteiger partial charge in [-0.15, -0.1) is 0 Å². The van der Waals surface area contributed by atoms with E-state index in [0.29, 0.717) is 23.0 Å². The summed E-state index contributed by atoms with van der Waals surface area (Å²) in [5.41, 5.74) is 2.95. The normalized spacial score (nSPS) is 11.9. The van der Waals surface area contributed by atoms with Crippen LogP contribution in [0.15, 0.2) is 84.9 Å². The van der Waals surface area contributed by atoms with E-state index in [-0.39, 0.29) is 11.4 Å². The van der Waals surface area contributed by atoms with Crippen LogP contribution in [-0.4, -0.2) is 15.6 Å². The molecule has 0 saturated heterocycles. The fourth-order valence-corrected chi connectivity index (χ4v) is 4.27. The van der Waals surface area contributed by atoms with Crippen molar-refractivity contribution in [3.63, 3.8) is 0 Å². The highest BCUT2D eigenvalue weighted by molar-refractivity contribution is 6.11. The molecule has 1 heterocycles. The fourth-order valence-electron chi connectivity index (χ4n) is 4.27. The predicted molar refractivity (Wildman–Crippen MR) is 122 cm³/mol. The quantitative estimate of drug-likeness (QED) is 0.286. The fraction of sp³-hybridized carbons (Fsp3) is 0.0741. The molecule has 0 amide bonds. The van der Waals surface area contributed by atoms with Crippen molar-refractivity contribution in [3.05, 3.63) is 113 Å². The molecule has 7 heteroatoms. The second-order valence-corrected chi connectivity index (χ2v) is 8.08. The van der Waals surface area contributed by atoms with E-state index >= 15 is 0 Å². The van der Waals surface area contributed by atoms with Crippen molar-refractivity contribution in [1.82, 2.24) is 4.57 Å². The van der Waals surface area contributed by atoms with Gasteiger partial charge in [-0.25, -0.2) is 9.18 Å². The van der Waals surface area contributed by atoms with Gasteiger partial charge in [0, 0.05) is 16.5 Å². The Kier molecular flexibility index (Phi) is 5.12. The SMILES string of the molecule is O=C(O)c1ccc2c(c1)c1cc(Cc3cccc(F)c3)ccc1n2-c1ccc(C(F)(F)F)cc1. The molecular weight excluding hydrogens is 446 g/mol. The second kappa shape index (κ2) is 8.02. The molecule has 0 radical (unpaired) electrons. The Balaban J connectivity index is 1.70. The molecule has 1 N–H and O–H groups in total. The molecule has 0 bridgehead atoms. The van der Waals surface area contributed by atoms with Gasteiger partial charge in [-0.1, -0.05) is 18.2 Å². The third-order valence-electron chi connectivity index (χ3n) is 5.83. The topological polar surface area (TPSA) is 42.2 Å². The number of aromatic nitrogens is 1. The predicted octanol–water partition coefficient (Wildman–Crippen LogP) is 7.23. The lowest BCUT2D eigenvalue weighted by atomic mass is 10.0. The number of nitrogens with zero attached hydrogens (tertiary/aromatic N) is 1. The minimum atomic E-state index is -4.44. The zero-order valence-corrected chi connectivity index (χ0v) is 17.6. The smallest absolute Gasteiger partial charge is 0.416 e. The van der Waals surface area contributed by atoms with E-state index in [2.05, 4.69) is 0 Å². The first kappa shape index (κ1) is 21.7. The first-order chi connectivity index (χ1) is 16.2. The maximum absolute atomic E-state index is 13.6. The monoisotopic (exact) mass is 463 g/mol. The van der Waals surface area contributed by atoms with Crippen LogP contribution in [0.5, 0.6) is 0 Å². The van der Waals surface area contributed by atoms with Crippen LogP contribution in [0.2, 0.25) is 0 Å². The largest absolute Gasteiger partial charge is 0.478 e. The summed E-state index contributed by atoms with van der Waals surface area (Å²) in [5, 5.41) is 10.9. The Morgan fingerprint density at radius 2 is 1.44 bits per heavy atom. The van der Waals surface area contributed by atoms with E-state index in [1.165, 1.54) is 30.3 Å². The third-order valence-corrected chi connectivity index (χ3v) is 5.83. The zero-order chi connectivity index (χ0) is 24.0. The van der Waals surface area contributed by atoms with Gasteiger partial charge in [0.1, 0.15) is 5.82 Å². The van der Waals surface area contributed by atoms with Crippen molar-refractivity contribution in [2.45, 2.75) is 12.6 Å². The Bertz CT molecular complexity index is 1550. The molecular formula is C27H17F4NO2. The van der Waals surface area contributed by atoms with Gasteiger partial charge in [-0.2, -0.15) is 13.2 Å². The van der Waals surface area contributed by atoms with Gasteiger partial charge in [0.05, 0.1) is 22.2 Å². The number of carbonyl (C=O) groups is 1. The van der Waals surface area contributed by atoms with Crippen LogP contribution < -0.4 is 0 Å². The van der Waals surface area contributed by atoms with E-state index in [1.54, 1.807) is 18.2 Å². The summed E-state index contributed by atoms with van der Waals surface area (Å²) in [6.07, 6.45) is -3.97. The van der Waals surface area contributed by atoms with Crippen molar-refractivity contribution in [2.24, 2.45) is 0 Å². The molecule has 0 aliphatic carbocycles. The van der Waals surface area contributed by atoms with E-state index < -0.39 is 17.7 Å². The molecule has 5 rings (SSSR count). The highest BCUT2D eigenvalue weighted by atomic mass is 19.4. The van der Waals surface area contributed by atoms with Crippen LogP contribution in [0.4, 0.5) is 17.6 Å². The number of halogens is 4. The molecule has 1 aromatic heterocycles. The molecule has 0 aliphatic rings. The minimum absolute atomic E-state index is 0.106. The van der Waals surface area contributed by atoms with Gasteiger partial charge in [0.2, 0.25) is 0 Å². The number of fused-ring (bicyclic) bond motifs is 3. The Morgan fingerprint density at radius 1 is 0.794 bits per heavy atom. The highest BCUT2D eigenvalue weighted by Gasteiger charge is 2.30. The summed E-state index contributed by atoms with van der Waals surface area (Å²) in [6.45, 7) is 0. The second-order valence-electron chi connectivity index (χ2n) is 8.08. The van der Waals surface area contributed by atoms with Crippen molar-refractivity contribution in [1.29, 1.82) is 0 Å². The van der Waals surface area contributed by atoms with Gasteiger partial charge >= 0.3 is 12.1 Å². The summed E-state index contributed by atoms with van der Waals surface area (Å²) in [7, 11) is 0. The lowest BCUT2D eigenvalue weighted by Crippen LogP contribution is -2.05. The molecule has 3 nitrogen and oxygen atoms in total. The van der Waals surface area contributed by atoms with Crippen LogP contribution >= 0.6 is 0 Å². The Hall–Kier alpha value is -4.13. The third kappa shape index (κ3) is 3.90. The average Bonchev–Trinajstić information content (AvgIpc) is 3.11. The van der Waals surface area contributed by atoms with Crippen LogP contribution in [0.3, 0.4) is 0 Å². The highest BCUT2D eigenvalue weighted by Crippen LogP contribution is 2.35. The standard InChI is InChI=1S/C27H17F4NO2/c28-20-3-1-2-16(13-20)12-17-4-10-24-22(14-17)23-15-18(26(33)34)5-11-25(23)32(24)21-8-6-19(7-9-21)27(29,30)31/h1-11,13-15H,12H2,(H,33,34). The molecule has 0 unspecified atom stereocenters. The molecule has 0 saturated carbocycles. The molecule has 0 atom stereocenters. The molecule has 5 aromatic rings. The van der Waals surface area contributed by atoms with Crippen LogP contribution in [-0.2, 0) is 12.6 Å². The van der Waals surface area contributed by atoms with Crippen molar-refractivity contribution < 1.29 is 27.5 Å². The van der Waals surface area contributed by atoms with Crippen LogP contribution in [0, 0.1) is 5.82 Å². The van der Waals surface area contributed by atoms with Crippen molar-refractivity contribution in [2.75, 3.05) is 0 Å². The first-order valence-corrected chi connectivity index (χ1v) is 10.4. The number of benzene rings is 4. The lowest BCUT2D eigenvalue weighted by Gasteiger charge is -2.11. The van der Waals surface area contributed by atoms with Gasteiger partial charge in [0.25, 0.3) is 0 Å². The number of rotatable bonds is 4. The lowest BCUT2D eigenvalue weighted by molar-refractivity contribution is -0.137. The molecule has 4 aromatic carbocycles. The number of hydrogen-bond donors (Lipinski definition) is 1. The van der Waals surface area contributed by atoms with Gasteiger partial charge in [-0.05, 0) is 84.3 Å². The average molecular weight is 463 g/mol. The number of alkyl halides is 3. The van der Waals surface area contributed by atoms with Crippen molar-refractivity contribution >= 4 is 27.8 Å². The zero-order valence-electron chi connectivity index (χ0n) is 17.6. The van der Waals surface area contributed by atoms with Gasteiger partial charge in [-0.3, -0.25) is 0 Å². The summed E-state index contributed by atoms with van der Waals surface area (Å²) in [5.74, 6) is -1.41. The molecule has 0 aliphatic heterocycles.